The fraction of sp³-hybridized carbons (Fsp3) is 0.346. The number of nitrogens with zero attached hydrogens (tertiary/aromatic N) is 6. The van der Waals surface area contributed by atoms with Gasteiger partial charge in [-0.05, 0) is 61.6 Å². The van der Waals surface area contributed by atoms with Gasteiger partial charge in [-0.3, -0.25) is 14.8 Å². The van der Waals surface area contributed by atoms with E-state index in [4.69, 9.17) is 0 Å². The molecule has 1 saturated carbocycles. The molecule has 10 heteroatoms. The number of rotatable bonds is 10. The van der Waals surface area contributed by atoms with E-state index in [2.05, 4.69) is 41.0 Å². The summed E-state index contributed by atoms with van der Waals surface area (Å²) in [5, 5.41) is 25.4. The summed E-state index contributed by atoms with van der Waals surface area (Å²) in [7, 11) is 0. The summed E-state index contributed by atoms with van der Waals surface area (Å²) in [6.45, 7) is 0.787. The molecule has 0 aromatic carbocycles. The Balaban J connectivity index is 1.06. The molecule has 1 amide bonds. The normalized spacial score (nSPS) is 17.1. The molecule has 4 aromatic rings. The maximum Gasteiger partial charge on any atom is 0.231 e. The molecule has 0 aliphatic heterocycles. The van der Waals surface area contributed by atoms with E-state index in [-0.39, 0.29) is 12.3 Å². The van der Waals surface area contributed by atoms with E-state index in [1.807, 2.05) is 54.7 Å². The smallest absolute Gasteiger partial charge is 0.231 e. The lowest BCUT2D eigenvalue weighted by Gasteiger charge is -2.10. The Bertz CT molecular complexity index is 1250. The van der Waals surface area contributed by atoms with E-state index >= 15 is 0 Å². The molecule has 184 valence electrons. The van der Waals surface area contributed by atoms with Crippen molar-refractivity contribution in [3.05, 3.63) is 83.0 Å². The Labute approximate surface area is 213 Å². The van der Waals surface area contributed by atoms with Crippen LogP contribution < -0.4 is 10.6 Å². The van der Waals surface area contributed by atoms with E-state index in [1.165, 1.54) is 0 Å². The molecule has 36 heavy (non-hydrogen) atoms. The molecular weight excluding hydrogens is 472 g/mol. The Morgan fingerprint density at radius 1 is 0.917 bits per heavy atom. The number of pyridine rings is 2. The minimum atomic E-state index is -0.153. The van der Waals surface area contributed by atoms with Gasteiger partial charge in [0.1, 0.15) is 5.01 Å². The van der Waals surface area contributed by atoms with Crippen molar-refractivity contribution in [3.8, 4) is 0 Å². The fourth-order valence-electron chi connectivity index (χ4n) is 4.51. The number of nitrogens with one attached hydrogen (secondary N) is 2. The zero-order valence-corrected chi connectivity index (χ0v) is 20.7. The Kier molecular flexibility index (Phi) is 7.82. The van der Waals surface area contributed by atoms with Crippen LogP contribution in [0.5, 0.6) is 0 Å². The molecule has 2 unspecified atom stereocenters. The number of aromatic nitrogens is 6. The van der Waals surface area contributed by atoms with Gasteiger partial charge in [-0.1, -0.05) is 23.5 Å². The zero-order chi connectivity index (χ0) is 24.6. The van der Waals surface area contributed by atoms with E-state index in [0.717, 1.165) is 65.9 Å². The predicted molar refractivity (Wildman–Crippen MR) is 139 cm³/mol. The maximum atomic E-state index is 12.2. The van der Waals surface area contributed by atoms with Crippen molar-refractivity contribution in [2.45, 2.75) is 44.4 Å². The molecule has 2 atom stereocenters. The van der Waals surface area contributed by atoms with Gasteiger partial charge < -0.3 is 10.6 Å². The molecule has 2 N–H and O–H groups in total. The fourth-order valence-corrected chi connectivity index (χ4v) is 5.39. The van der Waals surface area contributed by atoms with Gasteiger partial charge in [0.05, 0.1) is 12.1 Å². The summed E-state index contributed by atoms with van der Waals surface area (Å²) < 4.78 is 0. The molecule has 4 aromatic heterocycles. The van der Waals surface area contributed by atoms with Crippen molar-refractivity contribution in [1.82, 2.24) is 30.4 Å². The van der Waals surface area contributed by atoms with Crippen LogP contribution in [0.4, 0.5) is 10.9 Å². The van der Waals surface area contributed by atoms with Gasteiger partial charge in [-0.2, -0.15) is 5.10 Å². The number of carbonyl (C=O) groups is 1. The highest BCUT2D eigenvalue weighted by Crippen LogP contribution is 2.39. The molecule has 1 fully saturated rings. The van der Waals surface area contributed by atoms with Gasteiger partial charge in [0.2, 0.25) is 11.0 Å². The third kappa shape index (κ3) is 6.66. The monoisotopic (exact) mass is 500 g/mol. The number of amides is 1. The molecule has 0 spiro atoms. The highest BCUT2D eigenvalue weighted by Gasteiger charge is 2.28. The van der Waals surface area contributed by atoms with Gasteiger partial charge in [-0.25, -0.2) is 0 Å². The van der Waals surface area contributed by atoms with E-state index < -0.39 is 0 Å². The van der Waals surface area contributed by atoms with E-state index in [1.54, 1.807) is 17.5 Å². The molecule has 4 heterocycles. The summed E-state index contributed by atoms with van der Waals surface area (Å²) in [5.41, 5.74) is 2.77. The van der Waals surface area contributed by atoms with Gasteiger partial charge in [0, 0.05) is 49.1 Å². The van der Waals surface area contributed by atoms with E-state index in [9.17, 15) is 4.79 Å². The molecule has 5 rings (SSSR count). The first-order valence-electron chi connectivity index (χ1n) is 12.2. The van der Waals surface area contributed by atoms with Crippen LogP contribution in [0.1, 0.15) is 47.3 Å². The van der Waals surface area contributed by atoms with E-state index in [0.29, 0.717) is 17.7 Å². The van der Waals surface area contributed by atoms with Crippen LogP contribution in [0.15, 0.2) is 60.9 Å². The lowest BCUT2D eigenvalue weighted by atomic mass is 9.99. The predicted octanol–water partition coefficient (Wildman–Crippen LogP) is 4.08. The van der Waals surface area contributed by atoms with Crippen LogP contribution in [0.3, 0.4) is 0 Å². The Morgan fingerprint density at radius 3 is 2.50 bits per heavy atom. The first-order chi connectivity index (χ1) is 17.7. The summed E-state index contributed by atoms with van der Waals surface area (Å²) in [4.78, 5) is 20.8. The SMILES string of the molecule is O=C(Cc1ccccn1)Nc1ccc(C2CCC(Cc3nnc(NCCc4ccccn4)s3)C2)nn1. The third-order valence-corrected chi connectivity index (χ3v) is 7.20. The summed E-state index contributed by atoms with van der Waals surface area (Å²) in [6.07, 6.45) is 8.77. The number of carbonyl (C=O) groups excluding carboxylic acids is 1. The van der Waals surface area contributed by atoms with Crippen LogP contribution in [-0.2, 0) is 24.1 Å². The number of hydrogen-bond donors (Lipinski definition) is 2. The van der Waals surface area contributed by atoms with Crippen LogP contribution in [0.2, 0.25) is 0 Å². The third-order valence-electron chi connectivity index (χ3n) is 6.29. The molecule has 9 nitrogen and oxygen atoms in total. The number of anilines is 2. The van der Waals surface area contributed by atoms with Gasteiger partial charge >= 0.3 is 0 Å². The largest absolute Gasteiger partial charge is 0.360 e. The maximum absolute atomic E-state index is 12.2. The quantitative estimate of drug-likeness (QED) is 0.334. The lowest BCUT2D eigenvalue weighted by molar-refractivity contribution is -0.115. The van der Waals surface area contributed by atoms with Crippen LogP contribution in [0.25, 0.3) is 0 Å². The second-order valence-electron chi connectivity index (χ2n) is 8.97. The lowest BCUT2D eigenvalue weighted by Crippen LogP contribution is -2.16. The van der Waals surface area contributed by atoms with Crippen molar-refractivity contribution < 1.29 is 4.79 Å². The van der Waals surface area contributed by atoms with Gasteiger partial charge in [-0.15, -0.1) is 15.3 Å². The minimum Gasteiger partial charge on any atom is -0.360 e. The molecule has 1 aliphatic rings. The minimum absolute atomic E-state index is 0.153. The number of hydrogen-bond acceptors (Lipinski definition) is 9. The van der Waals surface area contributed by atoms with Crippen LogP contribution in [-0.4, -0.2) is 42.8 Å². The van der Waals surface area contributed by atoms with Gasteiger partial charge in [0.15, 0.2) is 5.82 Å². The second-order valence-corrected chi connectivity index (χ2v) is 10.0. The Hall–Kier alpha value is -3.79. The summed E-state index contributed by atoms with van der Waals surface area (Å²) >= 11 is 1.63. The first-order valence-corrected chi connectivity index (χ1v) is 13.0. The van der Waals surface area contributed by atoms with Crippen molar-refractivity contribution in [1.29, 1.82) is 0 Å². The Morgan fingerprint density at radius 2 is 1.75 bits per heavy atom. The van der Waals surface area contributed by atoms with Crippen molar-refractivity contribution in [3.63, 3.8) is 0 Å². The standard InChI is InChI=1S/C26H28N8OS/c35-24(17-21-6-2-4-13-28-21)30-23-10-9-22(31-32-23)19-8-7-18(15-19)16-25-33-34-26(36-25)29-14-11-20-5-1-3-12-27-20/h1-6,9-10,12-13,18-19H,7-8,11,14-17H2,(H,29,34)(H,30,32,35). The van der Waals surface area contributed by atoms with Crippen molar-refractivity contribution in [2.75, 3.05) is 17.2 Å². The highest BCUT2D eigenvalue weighted by molar-refractivity contribution is 7.15. The molecule has 1 aliphatic carbocycles. The topological polar surface area (TPSA) is 118 Å². The summed E-state index contributed by atoms with van der Waals surface area (Å²) in [6, 6.07) is 15.3. The average Bonchev–Trinajstić information content (AvgIpc) is 3.56. The van der Waals surface area contributed by atoms with Crippen molar-refractivity contribution >= 4 is 28.2 Å². The average molecular weight is 501 g/mol. The highest BCUT2D eigenvalue weighted by atomic mass is 32.1. The molecule has 0 bridgehead atoms. The van der Waals surface area contributed by atoms with Crippen molar-refractivity contribution in [2.24, 2.45) is 5.92 Å². The second kappa shape index (κ2) is 11.8. The summed E-state index contributed by atoms with van der Waals surface area (Å²) in [5.74, 6) is 1.25. The molecule has 0 radical (unpaired) electrons. The van der Waals surface area contributed by atoms with Crippen LogP contribution >= 0.6 is 11.3 Å². The van der Waals surface area contributed by atoms with Gasteiger partial charge in [0.25, 0.3) is 0 Å². The molecular formula is C26H28N8OS. The van der Waals surface area contributed by atoms with Crippen LogP contribution in [0, 0.1) is 5.92 Å². The zero-order valence-electron chi connectivity index (χ0n) is 19.9. The molecule has 0 saturated heterocycles. The first kappa shape index (κ1) is 23.9.